The van der Waals surface area contributed by atoms with Crippen LogP contribution in [0.1, 0.15) is 23.2 Å². The molecule has 27 heavy (non-hydrogen) atoms. The molecular formula is C20H30N2O5. The van der Waals surface area contributed by atoms with Gasteiger partial charge in [-0.05, 0) is 30.9 Å². The third-order valence-corrected chi connectivity index (χ3v) is 5.43. The number of carbonyl (C=O) groups excluding carboxylic acids is 1. The van der Waals surface area contributed by atoms with Gasteiger partial charge in [0.05, 0.1) is 34.5 Å². The van der Waals surface area contributed by atoms with Crippen molar-refractivity contribution in [1.82, 2.24) is 9.80 Å². The number of ether oxygens (including phenoxy) is 4. The number of hydrogen-bond acceptors (Lipinski definition) is 6. The van der Waals surface area contributed by atoms with Crippen LogP contribution in [-0.2, 0) is 4.74 Å². The predicted octanol–water partition coefficient (Wildman–Crippen LogP) is 1.90. The lowest BCUT2D eigenvalue weighted by atomic mass is 9.95. The molecule has 7 nitrogen and oxygen atoms in total. The van der Waals surface area contributed by atoms with E-state index < -0.39 is 0 Å². The highest BCUT2D eigenvalue weighted by atomic mass is 16.5. The molecule has 2 aliphatic heterocycles. The fourth-order valence-electron chi connectivity index (χ4n) is 3.85. The molecule has 0 bridgehead atoms. The van der Waals surface area contributed by atoms with Crippen molar-refractivity contribution < 1.29 is 23.7 Å². The van der Waals surface area contributed by atoms with E-state index in [1.807, 2.05) is 4.90 Å². The van der Waals surface area contributed by atoms with E-state index in [2.05, 4.69) is 4.90 Å². The largest absolute Gasteiger partial charge is 0.493 e. The Labute approximate surface area is 161 Å². The fraction of sp³-hybridized carbons (Fsp3) is 0.650. The summed E-state index contributed by atoms with van der Waals surface area (Å²) < 4.78 is 21.5. The minimum Gasteiger partial charge on any atom is -0.493 e. The Kier molecular flexibility index (Phi) is 6.79. The second-order valence-electron chi connectivity index (χ2n) is 7.06. The average Bonchev–Trinajstić information content (AvgIpc) is 2.73. The zero-order chi connectivity index (χ0) is 19.2. The lowest BCUT2D eigenvalue weighted by Crippen LogP contribution is -2.44. The number of amides is 1. The van der Waals surface area contributed by atoms with Crippen molar-refractivity contribution in [3.05, 3.63) is 17.7 Å². The first-order valence-electron chi connectivity index (χ1n) is 9.55. The summed E-state index contributed by atoms with van der Waals surface area (Å²) in [6, 6.07) is 3.45. The molecule has 3 rings (SSSR count). The molecule has 1 amide bonds. The highest BCUT2D eigenvalue weighted by molar-refractivity contribution is 5.95. The van der Waals surface area contributed by atoms with Crippen LogP contribution in [-0.4, -0.2) is 83.0 Å². The average molecular weight is 378 g/mol. The lowest BCUT2D eigenvalue weighted by Gasteiger charge is -2.36. The maximum Gasteiger partial charge on any atom is 0.254 e. The van der Waals surface area contributed by atoms with Gasteiger partial charge in [0, 0.05) is 38.3 Å². The van der Waals surface area contributed by atoms with Gasteiger partial charge < -0.3 is 23.8 Å². The van der Waals surface area contributed by atoms with Gasteiger partial charge in [0.1, 0.15) is 0 Å². The van der Waals surface area contributed by atoms with Gasteiger partial charge in [-0.25, -0.2) is 0 Å². The van der Waals surface area contributed by atoms with Crippen LogP contribution >= 0.6 is 0 Å². The Bertz CT molecular complexity index is 612. The van der Waals surface area contributed by atoms with Gasteiger partial charge in [0.25, 0.3) is 5.91 Å². The van der Waals surface area contributed by atoms with E-state index in [0.717, 1.165) is 58.8 Å². The Morgan fingerprint density at radius 3 is 2.11 bits per heavy atom. The van der Waals surface area contributed by atoms with Gasteiger partial charge in [0.15, 0.2) is 11.5 Å². The van der Waals surface area contributed by atoms with E-state index in [4.69, 9.17) is 18.9 Å². The van der Waals surface area contributed by atoms with Gasteiger partial charge >= 0.3 is 0 Å². The molecule has 1 aromatic carbocycles. The predicted molar refractivity (Wildman–Crippen MR) is 102 cm³/mol. The first kappa shape index (κ1) is 19.8. The zero-order valence-corrected chi connectivity index (χ0v) is 16.5. The summed E-state index contributed by atoms with van der Waals surface area (Å²) in [6.07, 6.45) is 2.07. The standard InChI is InChI=1S/C20H30N2O5/c1-24-17-12-16(13-18(25-2)19(17)26-3)20(23)22-6-4-15(5-7-22)14-21-8-10-27-11-9-21/h12-13,15H,4-11,14H2,1-3H3. The minimum atomic E-state index is 0.0130. The van der Waals surface area contributed by atoms with Crippen molar-refractivity contribution in [2.75, 3.05) is 67.3 Å². The number of piperidine rings is 1. The number of carbonyl (C=O) groups is 1. The van der Waals surface area contributed by atoms with Crippen LogP contribution in [0, 0.1) is 5.92 Å². The van der Waals surface area contributed by atoms with Crippen molar-refractivity contribution >= 4 is 5.91 Å². The second-order valence-corrected chi connectivity index (χ2v) is 7.06. The molecule has 1 aromatic rings. The summed E-state index contributed by atoms with van der Waals surface area (Å²) in [7, 11) is 4.67. The number of likely N-dealkylation sites (tertiary alicyclic amines) is 1. The molecule has 0 atom stereocenters. The summed E-state index contributed by atoms with van der Waals surface area (Å²) in [5.74, 6) is 2.16. The number of methoxy groups -OCH3 is 3. The van der Waals surface area contributed by atoms with Crippen LogP contribution in [0.3, 0.4) is 0 Å². The Balaban J connectivity index is 1.62. The van der Waals surface area contributed by atoms with Crippen molar-refractivity contribution in [1.29, 1.82) is 0 Å². The first-order chi connectivity index (χ1) is 13.2. The minimum absolute atomic E-state index is 0.0130. The zero-order valence-electron chi connectivity index (χ0n) is 16.5. The normalized spacial score (nSPS) is 19.0. The first-order valence-corrected chi connectivity index (χ1v) is 9.55. The maximum absolute atomic E-state index is 13.0. The van der Waals surface area contributed by atoms with Crippen LogP contribution < -0.4 is 14.2 Å². The number of morpholine rings is 1. The molecule has 2 aliphatic rings. The quantitative estimate of drug-likeness (QED) is 0.754. The molecule has 0 saturated carbocycles. The molecular weight excluding hydrogens is 348 g/mol. The van der Waals surface area contributed by atoms with Crippen LogP contribution in [0.15, 0.2) is 12.1 Å². The third kappa shape index (κ3) is 4.65. The number of rotatable bonds is 6. The van der Waals surface area contributed by atoms with Crippen molar-refractivity contribution in [3.8, 4) is 17.2 Å². The molecule has 0 N–H and O–H groups in total. The van der Waals surface area contributed by atoms with E-state index in [-0.39, 0.29) is 5.91 Å². The molecule has 2 saturated heterocycles. The number of nitrogens with zero attached hydrogens (tertiary/aromatic N) is 2. The molecule has 0 unspecified atom stereocenters. The molecule has 2 heterocycles. The van der Waals surface area contributed by atoms with E-state index in [9.17, 15) is 4.79 Å². The summed E-state index contributed by atoms with van der Waals surface area (Å²) in [6.45, 7) is 6.37. The summed E-state index contributed by atoms with van der Waals surface area (Å²) in [4.78, 5) is 17.4. The van der Waals surface area contributed by atoms with Crippen molar-refractivity contribution in [2.24, 2.45) is 5.92 Å². The second kappa shape index (κ2) is 9.28. The number of hydrogen-bond donors (Lipinski definition) is 0. The Morgan fingerprint density at radius 2 is 1.59 bits per heavy atom. The molecule has 0 aromatic heterocycles. The van der Waals surface area contributed by atoms with Crippen LogP contribution in [0.25, 0.3) is 0 Å². The molecule has 0 radical (unpaired) electrons. The molecule has 150 valence electrons. The molecule has 2 fully saturated rings. The third-order valence-electron chi connectivity index (χ3n) is 5.43. The van der Waals surface area contributed by atoms with Crippen LogP contribution in [0.2, 0.25) is 0 Å². The smallest absolute Gasteiger partial charge is 0.254 e. The fourth-order valence-corrected chi connectivity index (χ4v) is 3.85. The highest BCUT2D eigenvalue weighted by Gasteiger charge is 2.27. The van der Waals surface area contributed by atoms with Gasteiger partial charge in [-0.15, -0.1) is 0 Å². The van der Waals surface area contributed by atoms with Gasteiger partial charge in [-0.3, -0.25) is 9.69 Å². The number of benzene rings is 1. The van der Waals surface area contributed by atoms with E-state index in [1.165, 1.54) is 0 Å². The van der Waals surface area contributed by atoms with Crippen molar-refractivity contribution in [3.63, 3.8) is 0 Å². The summed E-state index contributed by atoms with van der Waals surface area (Å²) in [5.41, 5.74) is 0.566. The lowest BCUT2D eigenvalue weighted by molar-refractivity contribution is 0.0243. The maximum atomic E-state index is 13.0. The van der Waals surface area contributed by atoms with Gasteiger partial charge in [-0.1, -0.05) is 0 Å². The molecule has 0 aliphatic carbocycles. The van der Waals surface area contributed by atoms with Crippen LogP contribution in [0.5, 0.6) is 17.2 Å². The topological polar surface area (TPSA) is 60.5 Å². The Hall–Kier alpha value is -1.99. The van der Waals surface area contributed by atoms with Crippen molar-refractivity contribution in [2.45, 2.75) is 12.8 Å². The Morgan fingerprint density at radius 1 is 1.00 bits per heavy atom. The SMILES string of the molecule is COc1cc(C(=O)N2CCC(CN3CCOCC3)CC2)cc(OC)c1OC. The highest BCUT2D eigenvalue weighted by Crippen LogP contribution is 2.38. The van der Waals surface area contributed by atoms with Crippen LogP contribution in [0.4, 0.5) is 0 Å². The van der Waals surface area contributed by atoms with Gasteiger partial charge in [-0.2, -0.15) is 0 Å². The molecule has 7 heteroatoms. The summed E-state index contributed by atoms with van der Waals surface area (Å²) in [5, 5.41) is 0. The van der Waals surface area contributed by atoms with E-state index >= 15 is 0 Å². The molecule has 0 spiro atoms. The van der Waals surface area contributed by atoms with E-state index in [0.29, 0.717) is 28.7 Å². The van der Waals surface area contributed by atoms with Gasteiger partial charge in [0.2, 0.25) is 5.75 Å². The summed E-state index contributed by atoms with van der Waals surface area (Å²) >= 11 is 0. The van der Waals surface area contributed by atoms with E-state index in [1.54, 1.807) is 33.5 Å². The monoisotopic (exact) mass is 378 g/mol.